The summed E-state index contributed by atoms with van der Waals surface area (Å²) in [6.07, 6.45) is 7.58. The van der Waals surface area contributed by atoms with Crippen molar-refractivity contribution in [3.05, 3.63) is 63.1 Å². The van der Waals surface area contributed by atoms with Gasteiger partial charge in [-0.2, -0.15) is 0 Å². The highest BCUT2D eigenvalue weighted by Gasteiger charge is 2.52. The SMILES string of the molecule is O=C(NC12CC3CC(CC(C3)C1)C2)C1CN(Cc2cccc(Cl)c2)N(c2cc(Cl)ccc2Cl)C1. The van der Waals surface area contributed by atoms with Crippen molar-refractivity contribution >= 4 is 46.4 Å². The zero-order chi connectivity index (χ0) is 23.4. The normalized spacial score (nSPS) is 32.4. The van der Waals surface area contributed by atoms with Crippen molar-refractivity contribution < 1.29 is 4.79 Å². The highest BCUT2D eigenvalue weighted by Crippen LogP contribution is 2.55. The maximum Gasteiger partial charge on any atom is 0.226 e. The number of rotatable bonds is 5. The summed E-state index contributed by atoms with van der Waals surface area (Å²) in [5, 5.41) is 9.88. The van der Waals surface area contributed by atoms with Gasteiger partial charge in [0.15, 0.2) is 0 Å². The van der Waals surface area contributed by atoms with E-state index in [-0.39, 0.29) is 17.4 Å². The highest BCUT2D eigenvalue weighted by atomic mass is 35.5. The van der Waals surface area contributed by atoms with Crippen LogP contribution in [0.5, 0.6) is 0 Å². The molecule has 1 unspecified atom stereocenters. The molecule has 1 N–H and O–H groups in total. The van der Waals surface area contributed by atoms with Crippen LogP contribution in [-0.4, -0.2) is 29.5 Å². The molecule has 4 aliphatic carbocycles. The summed E-state index contributed by atoms with van der Waals surface area (Å²) in [5.41, 5.74) is 1.95. The Morgan fingerprint density at radius 2 is 1.59 bits per heavy atom. The molecule has 1 amide bonds. The van der Waals surface area contributed by atoms with Crippen LogP contribution in [0.3, 0.4) is 0 Å². The summed E-state index contributed by atoms with van der Waals surface area (Å²) in [4.78, 5) is 13.7. The Morgan fingerprint density at radius 1 is 0.912 bits per heavy atom. The third-order valence-electron chi connectivity index (χ3n) is 8.40. The lowest BCUT2D eigenvalue weighted by molar-refractivity contribution is -0.130. The molecule has 1 heterocycles. The Balaban J connectivity index is 1.24. The molecular formula is C27H30Cl3N3O. The summed E-state index contributed by atoms with van der Waals surface area (Å²) in [5.74, 6) is 2.45. The molecule has 34 heavy (non-hydrogen) atoms. The zero-order valence-electron chi connectivity index (χ0n) is 19.2. The Labute approximate surface area is 216 Å². The first kappa shape index (κ1) is 23.0. The van der Waals surface area contributed by atoms with Gasteiger partial charge in [0.25, 0.3) is 0 Å². The van der Waals surface area contributed by atoms with E-state index in [1.54, 1.807) is 6.07 Å². The average Bonchev–Trinajstić information content (AvgIpc) is 3.18. The van der Waals surface area contributed by atoms with E-state index in [0.717, 1.165) is 48.3 Å². The zero-order valence-corrected chi connectivity index (χ0v) is 21.4. The van der Waals surface area contributed by atoms with Crippen molar-refractivity contribution in [1.82, 2.24) is 10.3 Å². The first-order valence-electron chi connectivity index (χ1n) is 12.4. The molecule has 4 saturated carbocycles. The van der Waals surface area contributed by atoms with Gasteiger partial charge in [0.2, 0.25) is 5.91 Å². The smallest absolute Gasteiger partial charge is 0.226 e. The highest BCUT2D eigenvalue weighted by molar-refractivity contribution is 6.35. The number of halogens is 3. The summed E-state index contributed by atoms with van der Waals surface area (Å²) in [6.45, 7) is 1.86. The number of hydrogen-bond acceptors (Lipinski definition) is 3. The molecule has 7 rings (SSSR count). The number of hydrazine groups is 1. The third-order valence-corrected chi connectivity index (χ3v) is 9.19. The number of amides is 1. The molecule has 1 atom stereocenters. The minimum Gasteiger partial charge on any atom is -0.350 e. The molecule has 4 bridgehead atoms. The summed E-state index contributed by atoms with van der Waals surface area (Å²) in [6, 6.07) is 13.4. The van der Waals surface area contributed by atoms with Crippen LogP contribution >= 0.6 is 34.8 Å². The fourth-order valence-corrected chi connectivity index (χ4v) is 8.05. The van der Waals surface area contributed by atoms with Gasteiger partial charge in [-0.3, -0.25) is 4.79 Å². The summed E-state index contributed by atoms with van der Waals surface area (Å²) in [7, 11) is 0. The van der Waals surface area contributed by atoms with E-state index in [1.807, 2.05) is 30.3 Å². The largest absolute Gasteiger partial charge is 0.350 e. The molecule has 2 aromatic rings. The van der Waals surface area contributed by atoms with Crippen molar-refractivity contribution in [2.45, 2.75) is 50.6 Å². The lowest BCUT2D eigenvalue weighted by Crippen LogP contribution is -2.61. The molecule has 5 fully saturated rings. The maximum atomic E-state index is 13.7. The first-order chi connectivity index (χ1) is 16.4. The van der Waals surface area contributed by atoms with E-state index in [9.17, 15) is 4.79 Å². The minimum absolute atomic E-state index is 0.0186. The maximum absolute atomic E-state index is 13.7. The second-order valence-corrected chi connectivity index (χ2v) is 12.3. The van der Waals surface area contributed by atoms with Gasteiger partial charge in [0.1, 0.15) is 0 Å². The Bertz CT molecular complexity index is 1070. The molecule has 0 radical (unpaired) electrons. The van der Waals surface area contributed by atoms with Gasteiger partial charge in [-0.25, -0.2) is 5.01 Å². The van der Waals surface area contributed by atoms with Crippen molar-refractivity contribution in [2.75, 3.05) is 18.1 Å². The van der Waals surface area contributed by atoms with Crippen LogP contribution in [0.25, 0.3) is 0 Å². The first-order valence-corrected chi connectivity index (χ1v) is 13.5. The summed E-state index contributed by atoms with van der Waals surface area (Å²) >= 11 is 19.2. The quantitative estimate of drug-likeness (QED) is 0.485. The third kappa shape index (κ3) is 4.43. The van der Waals surface area contributed by atoms with Crippen molar-refractivity contribution in [3.63, 3.8) is 0 Å². The van der Waals surface area contributed by atoms with Gasteiger partial charge >= 0.3 is 0 Å². The van der Waals surface area contributed by atoms with Crippen molar-refractivity contribution in [3.8, 4) is 0 Å². The van der Waals surface area contributed by atoms with Gasteiger partial charge in [0.05, 0.1) is 16.6 Å². The van der Waals surface area contributed by atoms with Gasteiger partial charge < -0.3 is 10.3 Å². The van der Waals surface area contributed by atoms with Crippen LogP contribution in [0.1, 0.15) is 44.1 Å². The monoisotopic (exact) mass is 517 g/mol. The van der Waals surface area contributed by atoms with E-state index in [2.05, 4.69) is 21.4 Å². The average molecular weight is 519 g/mol. The lowest BCUT2D eigenvalue weighted by atomic mass is 9.53. The molecule has 2 aromatic carbocycles. The van der Waals surface area contributed by atoms with E-state index in [0.29, 0.717) is 34.7 Å². The number of carbonyl (C=O) groups is 1. The van der Waals surface area contributed by atoms with E-state index < -0.39 is 0 Å². The minimum atomic E-state index is -0.137. The van der Waals surface area contributed by atoms with Crippen molar-refractivity contribution in [2.24, 2.45) is 23.7 Å². The van der Waals surface area contributed by atoms with Gasteiger partial charge in [0, 0.05) is 35.2 Å². The summed E-state index contributed by atoms with van der Waals surface area (Å²) < 4.78 is 0. The fourth-order valence-electron chi connectivity index (χ4n) is 7.46. The number of carbonyl (C=O) groups excluding carboxylic acids is 1. The Hall–Kier alpha value is -1.46. The van der Waals surface area contributed by atoms with Crippen LogP contribution in [0.15, 0.2) is 42.5 Å². The van der Waals surface area contributed by atoms with E-state index >= 15 is 0 Å². The molecule has 4 nitrogen and oxygen atoms in total. The number of benzene rings is 2. The van der Waals surface area contributed by atoms with E-state index in [4.69, 9.17) is 34.8 Å². The van der Waals surface area contributed by atoms with Crippen LogP contribution in [-0.2, 0) is 11.3 Å². The Morgan fingerprint density at radius 3 is 2.26 bits per heavy atom. The predicted octanol–water partition coefficient (Wildman–Crippen LogP) is 6.59. The standard InChI is InChI=1S/C27H30Cl3N3O/c28-22-3-1-2-17(9-22)14-32-15-21(16-33(32)25-10-23(29)4-5-24(25)30)26(34)31-27-11-18-6-19(12-27)8-20(7-18)13-27/h1-5,9-10,18-21H,6-8,11-16H2,(H,31,34). The molecule has 0 spiro atoms. The molecule has 180 valence electrons. The number of anilines is 1. The van der Waals surface area contributed by atoms with Gasteiger partial charge in [-0.1, -0.05) is 46.9 Å². The second kappa shape index (κ2) is 8.89. The second-order valence-electron chi connectivity index (χ2n) is 11.0. The topological polar surface area (TPSA) is 35.6 Å². The molecule has 0 aromatic heterocycles. The van der Waals surface area contributed by atoms with Crippen molar-refractivity contribution in [1.29, 1.82) is 0 Å². The molecule has 5 aliphatic rings. The molecule has 7 heteroatoms. The van der Waals surface area contributed by atoms with Gasteiger partial charge in [-0.15, -0.1) is 0 Å². The van der Waals surface area contributed by atoms with Crippen LogP contribution in [0.2, 0.25) is 15.1 Å². The number of nitrogens with one attached hydrogen (secondary N) is 1. The molecule has 1 saturated heterocycles. The molecular weight excluding hydrogens is 489 g/mol. The Kier molecular flexibility index (Phi) is 6.00. The van der Waals surface area contributed by atoms with Crippen LogP contribution in [0.4, 0.5) is 5.69 Å². The fraction of sp³-hybridized carbons (Fsp3) is 0.519. The molecule has 1 aliphatic heterocycles. The number of hydrogen-bond donors (Lipinski definition) is 1. The van der Waals surface area contributed by atoms with Crippen LogP contribution < -0.4 is 10.3 Å². The number of nitrogens with zero attached hydrogens (tertiary/aromatic N) is 2. The van der Waals surface area contributed by atoms with E-state index in [1.165, 1.54) is 19.3 Å². The van der Waals surface area contributed by atoms with Crippen LogP contribution in [0, 0.1) is 23.7 Å². The predicted molar refractivity (Wildman–Crippen MR) is 138 cm³/mol. The lowest BCUT2D eigenvalue weighted by Gasteiger charge is -2.57. The van der Waals surface area contributed by atoms with Gasteiger partial charge in [-0.05, 0) is 92.2 Å².